The fourth-order valence-corrected chi connectivity index (χ4v) is 5.60. The Kier molecular flexibility index (Phi) is 3.81. The SMILES string of the molecule is O=C1Cc2cc(S(=O)(=O)N3CCC[C@@H]3CO)c(Br)cc2N1. The first-order chi connectivity index (χ1) is 9.93. The van der Waals surface area contributed by atoms with Crippen LogP contribution in [0.5, 0.6) is 0 Å². The highest BCUT2D eigenvalue weighted by molar-refractivity contribution is 9.10. The van der Waals surface area contributed by atoms with Crippen LogP contribution in [-0.4, -0.2) is 42.9 Å². The number of sulfonamides is 1. The van der Waals surface area contributed by atoms with Gasteiger partial charge in [0.25, 0.3) is 0 Å². The summed E-state index contributed by atoms with van der Waals surface area (Å²) in [7, 11) is -3.68. The van der Waals surface area contributed by atoms with Gasteiger partial charge in [0.05, 0.1) is 17.9 Å². The minimum absolute atomic E-state index is 0.138. The molecule has 0 aromatic heterocycles. The molecule has 1 amide bonds. The number of hydrogen-bond acceptors (Lipinski definition) is 4. The van der Waals surface area contributed by atoms with Crippen LogP contribution in [0.3, 0.4) is 0 Å². The van der Waals surface area contributed by atoms with Gasteiger partial charge in [-0.15, -0.1) is 0 Å². The van der Waals surface area contributed by atoms with Gasteiger partial charge in [-0.25, -0.2) is 8.42 Å². The summed E-state index contributed by atoms with van der Waals surface area (Å²) in [6.45, 7) is 0.232. The number of halogens is 1. The fraction of sp³-hybridized carbons (Fsp3) is 0.462. The predicted octanol–water partition coefficient (Wildman–Crippen LogP) is 1.09. The molecule has 114 valence electrons. The summed E-state index contributed by atoms with van der Waals surface area (Å²) in [5.74, 6) is -0.138. The zero-order valence-corrected chi connectivity index (χ0v) is 13.6. The first kappa shape index (κ1) is 15.0. The van der Waals surface area contributed by atoms with Crippen LogP contribution >= 0.6 is 15.9 Å². The maximum Gasteiger partial charge on any atom is 0.244 e. The Bertz CT molecular complexity index is 704. The lowest BCUT2D eigenvalue weighted by Crippen LogP contribution is -2.37. The van der Waals surface area contributed by atoms with E-state index < -0.39 is 10.0 Å². The number of amides is 1. The van der Waals surface area contributed by atoms with Crippen molar-refractivity contribution >= 4 is 37.5 Å². The van der Waals surface area contributed by atoms with Crippen molar-refractivity contribution < 1.29 is 18.3 Å². The number of aliphatic hydroxyl groups is 1. The molecule has 2 aliphatic heterocycles. The van der Waals surface area contributed by atoms with Crippen LogP contribution < -0.4 is 5.32 Å². The molecular formula is C13H15BrN2O4S. The summed E-state index contributed by atoms with van der Waals surface area (Å²) in [4.78, 5) is 11.6. The first-order valence-corrected chi connectivity index (χ1v) is 8.92. The number of nitrogens with zero attached hydrogens (tertiary/aromatic N) is 1. The highest BCUT2D eigenvalue weighted by Crippen LogP contribution is 2.35. The number of fused-ring (bicyclic) bond motifs is 1. The van der Waals surface area contributed by atoms with Crippen LogP contribution in [0.1, 0.15) is 18.4 Å². The number of carbonyl (C=O) groups is 1. The molecule has 1 aromatic rings. The molecule has 2 aliphatic rings. The van der Waals surface area contributed by atoms with E-state index in [0.717, 1.165) is 6.42 Å². The molecule has 1 atom stereocenters. The number of hydrogen-bond donors (Lipinski definition) is 2. The van der Waals surface area contributed by atoms with Crippen molar-refractivity contribution in [3.63, 3.8) is 0 Å². The van der Waals surface area contributed by atoms with Gasteiger partial charge < -0.3 is 10.4 Å². The fourth-order valence-electron chi connectivity index (χ4n) is 2.86. The number of benzene rings is 1. The van der Waals surface area contributed by atoms with Gasteiger partial charge in [0, 0.05) is 22.7 Å². The Labute approximate surface area is 131 Å². The molecule has 2 heterocycles. The minimum Gasteiger partial charge on any atom is -0.395 e. The van der Waals surface area contributed by atoms with Crippen molar-refractivity contribution in [1.82, 2.24) is 4.31 Å². The average molecular weight is 375 g/mol. The number of rotatable bonds is 3. The van der Waals surface area contributed by atoms with Crippen molar-refractivity contribution in [2.75, 3.05) is 18.5 Å². The number of anilines is 1. The number of carbonyl (C=O) groups excluding carboxylic acids is 1. The van der Waals surface area contributed by atoms with Crippen LogP contribution in [0.4, 0.5) is 5.69 Å². The van der Waals surface area contributed by atoms with Gasteiger partial charge in [-0.2, -0.15) is 4.31 Å². The van der Waals surface area contributed by atoms with E-state index in [2.05, 4.69) is 21.2 Å². The Hall–Kier alpha value is -0.960. The van der Waals surface area contributed by atoms with Crippen LogP contribution in [0.2, 0.25) is 0 Å². The third kappa shape index (κ3) is 2.50. The Morgan fingerprint density at radius 1 is 1.43 bits per heavy atom. The van der Waals surface area contributed by atoms with E-state index in [1.165, 1.54) is 4.31 Å². The van der Waals surface area contributed by atoms with Crippen molar-refractivity contribution in [2.45, 2.75) is 30.2 Å². The van der Waals surface area contributed by atoms with Crippen LogP contribution in [0.15, 0.2) is 21.5 Å². The van der Waals surface area contributed by atoms with Gasteiger partial charge in [0.2, 0.25) is 15.9 Å². The van der Waals surface area contributed by atoms with Crippen LogP contribution in [0, 0.1) is 0 Å². The Balaban J connectivity index is 2.04. The first-order valence-electron chi connectivity index (χ1n) is 6.68. The Morgan fingerprint density at radius 3 is 2.90 bits per heavy atom. The lowest BCUT2D eigenvalue weighted by atomic mass is 10.2. The molecule has 0 unspecified atom stereocenters. The molecule has 0 spiro atoms. The van der Waals surface area contributed by atoms with Crippen molar-refractivity contribution in [3.05, 3.63) is 22.2 Å². The van der Waals surface area contributed by atoms with Gasteiger partial charge in [0.15, 0.2) is 0 Å². The topological polar surface area (TPSA) is 86.7 Å². The van der Waals surface area contributed by atoms with Crippen molar-refractivity contribution in [2.24, 2.45) is 0 Å². The summed E-state index contributed by atoms with van der Waals surface area (Å²) in [6.07, 6.45) is 1.60. The maximum absolute atomic E-state index is 12.8. The van der Waals surface area contributed by atoms with Gasteiger partial charge in [0.1, 0.15) is 0 Å². The van der Waals surface area contributed by atoms with Crippen molar-refractivity contribution in [1.29, 1.82) is 0 Å². The normalized spacial score (nSPS) is 22.4. The molecule has 6 nitrogen and oxygen atoms in total. The molecule has 2 N–H and O–H groups in total. The molecule has 0 aliphatic carbocycles. The highest BCUT2D eigenvalue weighted by atomic mass is 79.9. The van der Waals surface area contributed by atoms with Gasteiger partial charge in [-0.1, -0.05) is 0 Å². The second-order valence-electron chi connectivity index (χ2n) is 5.26. The predicted molar refractivity (Wildman–Crippen MR) is 80.5 cm³/mol. The highest BCUT2D eigenvalue weighted by Gasteiger charge is 2.36. The third-order valence-electron chi connectivity index (χ3n) is 3.90. The molecule has 0 radical (unpaired) electrons. The van der Waals surface area contributed by atoms with E-state index in [0.29, 0.717) is 28.7 Å². The quantitative estimate of drug-likeness (QED) is 0.828. The largest absolute Gasteiger partial charge is 0.395 e. The molecule has 1 saturated heterocycles. The van der Waals surface area contributed by atoms with E-state index in [9.17, 15) is 18.3 Å². The second-order valence-corrected chi connectivity index (χ2v) is 7.97. The molecule has 21 heavy (non-hydrogen) atoms. The van der Waals surface area contributed by atoms with Gasteiger partial charge in [-0.05, 0) is 46.5 Å². The summed E-state index contributed by atoms with van der Waals surface area (Å²) in [6, 6.07) is 2.80. The molecular weight excluding hydrogens is 360 g/mol. The molecule has 1 fully saturated rings. The van der Waals surface area contributed by atoms with E-state index in [-0.39, 0.29) is 29.9 Å². The monoisotopic (exact) mass is 374 g/mol. The molecule has 0 bridgehead atoms. The zero-order valence-electron chi connectivity index (χ0n) is 11.2. The summed E-state index contributed by atoms with van der Waals surface area (Å²) in [5, 5.41) is 12.0. The van der Waals surface area contributed by atoms with E-state index in [4.69, 9.17) is 0 Å². The molecule has 1 aromatic carbocycles. The van der Waals surface area contributed by atoms with Crippen molar-refractivity contribution in [3.8, 4) is 0 Å². The molecule has 3 rings (SSSR count). The third-order valence-corrected chi connectivity index (χ3v) is 6.81. The zero-order chi connectivity index (χ0) is 15.2. The summed E-state index contributed by atoms with van der Waals surface area (Å²) < 4.78 is 27.3. The Morgan fingerprint density at radius 2 is 2.19 bits per heavy atom. The standard InChI is InChI=1S/C13H15BrN2O4S/c14-10-6-11-8(5-13(18)15-11)4-12(10)21(19,20)16-3-1-2-9(16)7-17/h4,6,9,17H,1-3,5,7H2,(H,15,18)/t9-/m1/s1. The smallest absolute Gasteiger partial charge is 0.244 e. The van der Waals surface area contributed by atoms with Gasteiger partial charge in [-0.3, -0.25) is 4.79 Å². The lowest BCUT2D eigenvalue weighted by Gasteiger charge is -2.23. The minimum atomic E-state index is -3.68. The number of aliphatic hydroxyl groups excluding tert-OH is 1. The van der Waals surface area contributed by atoms with E-state index in [1.54, 1.807) is 12.1 Å². The molecule has 8 heteroatoms. The summed E-state index contributed by atoms with van der Waals surface area (Å²) in [5.41, 5.74) is 1.33. The number of nitrogens with one attached hydrogen (secondary N) is 1. The van der Waals surface area contributed by atoms with Crippen LogP contribution in [0.25, 0.3) is 0 Å². The van der Waals surface area contributed by atoms with E-state index >= 15 is 0 Å². The lowest BCUT2D eigenvalue weighted by molar-refractivity contribution is -0.115. The maximum atomic E-state index is 12.8. The second kappa shape index (κ2) is 5.35. The average Bonchev–Trinajstić information content (AvgIpc) is 3.02. The van der Waals surface area contributed by atoms with E-state index in [1.807, 2.05) is 0 Å². The van der Waals surface area contributed by atoms with Gasteiger partial charge >= 0.3 is 0 Å². The van der Waals surface area contributed by atoms with Crippen LogP contribution in [-0.2, 0) is 21.2 Å². The summed E-state index contributed by atoms with van der Waals surface area (Å²) >= 11 is 3.27. The molecule has 0 saturated carbocycles.